The minimum absolute atomic E-state index is 0.0388. The first kappa shape index (κ1) is 16.4. The molecule has 2 aromatic rings. The molecule has 7 heteroatoms. The van der Waals surface area contributed by atoms with Crippen molar-refractivity contribution >= 4 is 68.0 Å². The van der Waals surface area contributed by atoms with E-state index in [1.54, 1.807) is 24.3 Å². The Labute approximate surface area is 145 Å². The smallest absolute Gasteiger partial charge is 0.243 e. The monoisotopic (exact) mass is 406 g/mol. The van der Waals surface area contributed by atoms with Crippen molar-refractivity contribution < 1.29 is 4.79 Å². The number of benzene rings is 2. The van der Waals surface area contributed by atoms with Crippen LogP contribution in [0.4, 0.5) is 11.4 Å². The summed E-state index contributed by atoms with van der Waals surface area (Å²) in [6.45, 7) is 0.0388. The van der Waals surface area contributed by atoms with Gasteiger partial charge < -0.3 is 10.6 Å². The summed E-state index contributed by atoms with van der Waals surface area (Å²) in [5.41, 5.74) is 1.19. The SMILES string of the molecule is O=C(CNc1c(Cl)cc(Cl)cc1Cl)Nc1ccc(Br)cc1. The summed E-state index contributed by atoms with van der Waals surface area (Å²) in [4.78, 5) is 11.9. The van der Waals surface area contributed by atoms with E-state index in [9.17, 15) is 4.79 Å². The largest absolute Gasteiger partial charge is 0.374 e. The molecule has 0 heterocycles. The lowest BCUT2D eigenvalue weighted by Crippen LogP contribution is -2.22. The van der Waals surface area contributed by atoms with Gasteiger partial charge in [-0.3, -0.25) is 4.79 Å². The van der Waals surface area contributed by atoms with E-state index < -0.39 is 0 Å². The second-order valence-corrected chi connectivity index (χ2v) is 6.32. The van der Waals surface area contributed by atoms with Gasteiger partial charge in [-0.1, -0.05) is 50.7 Å². The van der Waals surface area contributed by atoms with Crippen LogP contribution in [0.1, 0.15) is 0 Å². The lowest BCUT2D eigenvalue weighted by atomic mass is 10.3. The van der Waals surface area contributed by atoms with Gasteiger partial charge in [-0.05, 0) is 36.4 Å². The van der Waals surface area contributed by atoms with Crippen LogP contribution in [0, 0.1) is 0 Å². The molecule has 0 radical (unpaired) electrons. The average Bonchev–Trinajstić information content (AvgIpc) is 2.40. The zero-order valence-corrected chi connectivity index (χ0v) is 14.4. The molecule has 0 aliphatic carbocycles. The van der Waals surface area contributed by atoms with Crippen LogP contribution >= 0.6 is 50.7 Å². The van der Waals surface area contributed by atoms with Gasteiger partial charge in [0, 0.05) is 15.2 Å². The fourth-order valence-corrected chi connectivity index (χ4v) is 2.83. The Morgan fingerprint density at radius 2 is 1.62 bits per heavy atom. The van der Waals surface area contributed by atoms with Crippen LogP contribution in [-0.2, 0) is 4.79 Å². The highest BCUT2D eigenvalue weighted by atomic mass is 79.9. The summed E-state index contributed by atoms with van der Waals surface area (Å²) in [6, 6.07) is 10.4. The summed E-state index contributed by atoms with van der Waals surface area (Å²) in [7, 11) is 0. The first-order chi connectivity index (χ1) is 9.95. The standard InChI is InChI=1S/C14H10BrCl3N2O/c15-8-1-3-10(4-2-8)20-13(21)7-19-14-11(17)5-9(16)6-12(14)18/h1-6,19H,7H2,(H,20,21). The number of anilines is 2. The summed E-state index contributed by atoms with van der Waals surface area (Å²) < 4.78 is 0.943. The molecule has 2 rings (SSSR count). The molecule has 0 fully saturated rings. The lowest BCUT2D eigenvalue weighted by Gasteiger charge is -2.11. The van der Waals surface area contributed by atoms with Crippen LogP contribution in [0.2, 0.25) is 15.1 Å². The first-order valence-electron chi connectivity index (χ1n) is 5.89. The van der Waals surface area contributed by atoms with Crippen LogP contribution in [0.5, 0.6) is 0 Å². The van der Waals surface area contributed by atoms with Gasteiger partial charge in [0.05, 0.1) is 22.3 Å². The average molecular weight is 409 g/mol. The van der Waals surface area contributed by atoms with E-state index in [-0.39, 0.29) is 12.5 Å². The van der Waals surface area contributed by atoms with Gasteiger partial charge in [-0.2, -0.15) is 0 Å². The van der Waals surface area contributed by atoms with Crippen LogP contribution in [0.25, 0.3) is 0 Å². The minimum atomic E-state index is -0.209. The van der Waals surface area contributed by atoms with Gasteiger partial charge in [-0.15, -0.1) is 0 Å². The van der Waals surface area contributed by atoms with Crippen molar-refractivity contribution in [2.75, 3.05) is 17.2 Å². The Bertz CT molecular complexity index is 639. The molecule has 2 N–H and O–H groups in total. The third-order valence-electron chi connectivity index (χ3n) is 2.56. The van der Waals surface area contributed by atoms with Crippen LogP contribution in [-0.4, -0.2) is 12.5 Å². The maximum absolute atomic E-state index is 11.9. The van der Waals surface area contributed by atoms with E-state index >= 15 is 0 Å². The Hall–Kier alpha value is -0.940. The predicted molar refractivity (Wildman–Crippen MR) is 92.7 cm³/mol. The molecule has 2 aromatic carbocycles. The molecule has 3 nitrogen and oxygen atoms in total. The Morgan fingerprint density at radius 1 is 1.05 bits per heavy atom. The number of halogens is 4. The van der Waals surface area contributed by atoms with E-state index in [2.05, 4.69) is 26.6 Å². The molecule has 0 unspecified atom stereocenters. The summed E-state index contributed by atoms with van der Waals surface area (Å²) in [6.07, 6.45) is 0. The van der Waals surface area contributed by atoms with Gasteiger partial charge in [0.15, 0.2) is 0 Å². The number of amides is 1. The molecule has 0 spiro atoms. The van der Waals surface area contributed by atoms with E-state index in [0.717, 1.165) is 4.47 Å². The highest BCUT2D eigenvalue weighted by Gasteiger charge is 2.09. The summed E-state index contributed by atoms with van der Waals surface area (Å²) in [5, 5.41) is 6.82. The van der Waals surface area contributed by atoms with Crippen molar-refractivity contribution in [3.05, 3.63) is 55.9 Å². The molecule has 110 valence electrons. The fourth-order valence-electron chi connectivity index (χ4n) is 1.62. The van der Waals surface area contributed by atoms with Crippen LogP contribution < -0.4 is 10.6 Å². The maximum atomic E-state index is 11.9. The van der Waals surface area contributed by atoms with E-state index in [4.69, 9.17) is 34.8 Å². The molecule has 21 heavy (non-hydrogen) atoms. The van der Waals surface area contributed by atoms with E-state index in [1.165, 1.54) is 0 Å². The van der Waals surface area contributed by atoms with Crippen molar-refractivity contribution in [1.29, 1.82) is 0 Å². The molecule has 0 saturated heterocycles. The number of carbonyl (C=O) groups is 1. The second-order valence-electron chi connectivity index (χ2n) is 4.15. The molecule has 0 saturated carbocycles. The molecule has 0 aliphatic rings. The summed E-state index contributed by atoms with van der Waals surface area (Å²) >= 11 is 21.2. The molecular weight excluding hydrogens is 398 g/mol. The normalized spacial score (nSPS) is 10.3. The van der Waals surface area contributed by atoms with Gasteiger partial charge in [-0.25, -0.2) is 0 Å². The van der Waals surface area contributed by atoms with Crippen molar-refractivity contribution in [2.24, 2.45) is 0 Å². The van der Waals surface area contributed by atoms with Crippen LogP contribution in [0.15, 0.2) is 40.9 Å². The topological polar surface area (TPSA) is 41.1 Å². The molecule has 0 aromatic heterocycles. The van der Waals surface area contributed by atoms with Gasteiger partial charge in [0.25, 0.3) is 0 Å². The highest BCUT2D eigenvalue weighted by Crippen LogP contribution is 2.33. The lowest BCUT2D eigenvalue weighted by molar-refractivity contribution is -0.114. The maximum Gasteiger partial charge on any atom is 0.243 e. The summed E-state index contributed by atoms with van der Waals surface area (Å²) in [5.74, 6) is -0.209. The van der Waals surface area contributed by atoms with Gasteiger partial charge >= 0.3 is 0 Å². The second kappa shape index (κ2) is 7.36. The third-order valence-corrected chi connectivity index (χ3v) is 3.90. The molecular formula is C14H10BrCl3N2O. The Morgan fingerprint density at radius 3 is 2.19 bits per heavy atom. The number of hydrogen-bond acceptors (Lipinski definition) is 2. The highest BCUT2D eigenvalue weighted by molar-refractivity contribution is 9.10. The third kappa shape index (κ3) is 4.78. The minimum Gasteiger partial charge on any atom is -0.374 e. The van der Waals surface area contributed by atoms with E-state index in [0.29, 0.717) is 26.4 Å². The molecule has 0 aliphatic heterocycles. The van der Waals surface area contributed by atoms with Crippen molar-refractivity contribution in [3.8, 4) is 0 Å². The van der Waals surface area contributed by atoms with Gasteiger partial charge in [0.1, 0.15) is 0 Å². The fraction of sp³-hybridized carbons (Fsp3) is 0.0714. The zero-order chi connectivity index (χ0) is 15.4. The predicted octanol–water partition coefficient (Wildman–Crippen LogP) is 5.46. The molecule has 0 atom stereocenters. The Balaban J connectivity index is 1.97. The van der Waals surface area contributed by atoms with Crippen molar-refractivity contribution in [1.82, 2.24) is 0 Å². The Kier molecular flexibility index (Phi) is 5.76. The zero-order valence-electron chi connectivity index (χ0n) is 10.6. The number of carbonyl (C=O) groups excluding carboxylic acids is 1. The quantitative estimate of drug-likeness (QED) is 0.705. The molecule has 0 bridgehead atoms. The number of nitrogens with one attached hydrogen (secondary N) is 2. The van der Waals surface area contributed by atoms with Crippen molar-refractivity contribution in [3.63, 3.8) is 0 Å². The van der Waals surface area contributed by atoms with Crippen molar-refractivity contribution in [2.45, 2.75) is 0 Å². The number of hydrogen-bond donors (Lipinski definition) is 2. The van der Waals surface area contributed by atoms with Gasteiger partial charge in [0.2, 0.25) is 5.91 Å². The molecule has 1 amide bonds. The number of rotatable bonds is 4. The van der Waals surface area contributed by atoms with Crippen LogP contribution in [0.3, 0.4) is 0 Å². The first-order valence-corrected chi connectivity index (χ1v) is 7.82. The van der Waals surface area contributed by atoms with E-state index in [1.807, 2.05) is 12.1 Å².